The van der Waals surface area contributed by atoms with E-state index in [2.05, 4.69) is 72.5 Å². The topological polar surface area (TPSA) is 130 Å². The van der Waals surface area contributed by atoms with Gasteiger partial charge in [-0.1, -0.05) is 62.7 Å². The second kappa shape index (κ2) is 21.7. The van der Waals surface area contributed by atoms with Gasteiger partial charge in [-0.15, -0.1) is 17.0 Å². The average molecular weight is 797 g/mol. The van der Waals surface area contributed by atoms with Crippen molar-refractivity contribution >= 4 is 40.8 Å². The predicted octanol–water partition coefficient (Wildman–Crippen LogP) is 9.76. The predicted molar refractivity (Wildman–Crippen MR) is 203 cm³/mol. The fourth-order valence-corrected chi connectivity index (χ4v) is 5.87. The molecule has 0 unspecified atom stereocenters. The molecule has 51 heavy (non-hydrogen) atoms. The maximum absolute atomic E-state index is 11.1. The van der Waals surface area contributed by atoms with Crippen molar-refractivity contribution in [3.63, 3.8) is 0 Å². The second-order valence-electron chi connectivity index (χ2n) is 10.7. The standard InChI is InChI=1S/C19H12N4O2.C19H21N2S.CNS.Ru/c1-20-18(19(24)25)12-13-10-16(14-6-2-4-8-21-14)23-17(11-13)15-7-3-5-9-22-15;1-2-3-4-5-7-15-10-13-22-19(15)16-9-12-21-18(14-16)17-8-6-11-20-17;2-1-3;/h2-12H,(H,24,25);6,8-14H,2-5,7H2,1H3;;/q;2*-1;+2/b18-12+;;;. The Kier molecular flexibility index (Phi) is 17.1. The number of rotatable bonds is 11. The molecule has 0 bridgehead atoms. The second-order valence-corrected chi connectivity index (χ2v) is 11.8. The fourth-order valence-electron chi connectivity index (χ4n) is 4.92. The van der Waals surface area contributed by atoms with Gasteiger partial charge in [0.25, 0.3) is 5.70 Å². The number of carboxylic acids is 1. The van der Waals surface area contributed by atoms with Crippen molar-refractivity contribution in [2.24, 2.45) is 0 Å². The third-order valence-electron chi connectivity index (χ3n) is 7.23. The third-order valence-corrected chi connectivity index (χ3v) is 8.24. The van der Waals surface area contributed by atoms with Crippen LogP contribution in [0.5, 0.6) is 0 Å². The van der Waals surface area contributed by atoms with E-state index < -0.39 is 5.97 Å². The number of unbranched alkanes of at least 4 members (excludes halogenated alkanes) is 3. The first-order valence-electron chi connectivity index (χ1n) is 15.8. The van der Waals surface area contributed by atoms with Crippen molar-refractivity contribution in [2.75, 3.05) is 0 Å². The van der Waals surface area contributed by atoms with E-state index in [0.717, 1.165) is 11.4 Å². The summed E-state index contributed by atoms with van der Waals surface area (Å²) in [6.07, 6.45) is 14.7. The number of thiocarbonyl (C=S) groups is 1. The molecule has 0 saturated heterocycles. The van der Waals surface area contributed by atoms with Crippen molar-refractivity contribution in [1.82, 2.24) is 24.9 Å². The van der Waals surface area contributed by atoms with Gasteiger partial charge in [0.2, 0.25) is 0 Å². The van der Waals surface area contributed by atoms with E-state index in [1.54, 1.807) is 36.7 Å². The summed E-state index contributed by atoms with van der Waals surface area (Å²) in [5.74, 6) is -1.27. The summed E-state index contributed by atoms with van der Waals surface area (Å²) in [5.41, 5.74) is 7.24. The Morgan fingerprint density at radius 1 is 0.922 bits per heavy atom. The molecule has 256 valence electrons. The molecule has 6 heterocycles. The van der Waals surface area contributed by atoms with Gasteiger partial charge in [0.15, 0.2) is 0 Å². The number of carbonyl (C=O) groups is 1. The summed E-state index contributed by atoms with van der Waals surface area (Å²) in [6, 6.07) is 24.8. The summed E-state index contributed by atoms with van der Waals surface area (Å²) >= 11 is 5.52. The van der Waals surface area contributed by atoms with Gasteiger partial charge in [-0.3, -0.25) is 19.7 Å². The number of pyridine rings is 4. The minimum Gasteiger partial charge on any atom is -0.753 e. The Balaban J connectivity index is 0.000000253. The molecule has 0 aromatic carbocycles. The van der Waals surface area contributed by atoms with Gasteiger partial charge >= 0.3 is 25.4 Å². The molecule has 12 heteroatoms. The zero-order valence-corrected chi connectivity index (χ0v) is 31.0. The molecule has 6 aromatic heterocycles. The Morgan fingerprint density at radius 3 is 2.14 bits per heavy atom. The maximum atomic E-state index is 11.1. The first kappa shape index (κ1) is 40.1. The van der Waals surface area contributed by atoms with Crippen LogP contribution in [0.15, 0.2) is 115 Å². The van der Waals surface area contributed by atoms with Gasteiger partial charge in [-0.2, -0.15) is 11.4 Å². The van der Waals surface area contributed by atoms with Crippen LogP contribution in [0.4, 0.5) is 0 Å². The SMILES string of the molecule is CCCCCCc1ccsc1-c1ccnc(-c2ccc[n-]2)c1.[C-]#[N+]/C(=C/c1cc(-c2ccccn2)nc(-c2ccccn2)c1)C(=O)O.[N-]=C=S.[Ru+2]. The molecule has 6 rings (SSSR count). The number of carboxylic acid groups (broad SMARTS) is 1. The molecule has 0 atom stereocenters. The summed E-state index contributed by atoms with van der Waals surface area (Å²) in [4.78, 5) is 37.5. The monoisotopic (exact) mass is 797 g/mol. The molecule has 9 nitrogen and oxygen atoms in total. The summed E-state index contributed by atoms with van der Waals surface area (Å²) < 4.78 is 0. The minimum atomic E-state index is -1.27. The van der Waals surface area contributed by atoms with Gasteiger partial charge < -0.3 is 15.5 Å². The normalized spacial score (nSPS) is 10.2. The molecule has 6 aromatic rings. The molecule has 0 aliphatic heterocycles. The molecule has 0 amide bonds. The zero-order valence-electron chi connectivity index (χ0n) is 27.7. The van der Waals surface area contributed by atoms with Crippen molar-refractivity contribution in [1.29, 1.82) is 0 Å². The Labute approximate surface area is 319 Å². The van der Waals surface area contributed by atoms with Crippen LogP contribution in [0, 0.1) is 6.57 Å². The van der Waals surface area contributed by atoms with Crippen LogP contribution < -0.4 is 4.98 Å². The quantitative estimate of drug-likeness (QED) is 0.0343. The largest absolute Gasteiger partial charge is 2.00 e. The van der Waals surface area contributed by atoms with E-state index >= 15 is 0 Å². The van der Waals surface area contributed by atoms with Gasteiger partial charge in [0.05, 0.1) is 29.3 Å². The van der Waals surface area contributed by atoms with Crippen LogP contribution in [0.3, 0.4) is 0 Å². The Hall–Kier alpha value is -5.30. The molecule has 0 radical (unpaired) electrons. The van der Waals surface area contributed by atoms with Crippen molar-refractivity contribution in [3.8, 4) is 44.6 Å². The van der Waals surface area contributed by atoms with Crippen molar-refractivity contribution in [3.05, 3.63) is 143 Å². The Bertz CT molecular complexity index is 2010. The molecular weight excluding hydrogens is 764 g/mol. The number of aliphatic carboxylic acids is 1. The van der Waals surface area contributed by atoms with Crippen molar-refractivity contribution < 1.29 is 29.4 Å². The molecule has 0 saturated carbocycles. The first-order chi connectivity index (χ1) is 24.5. The summed E-state index contributed by atoms with van der Waals surface area (Å²) in [6.45, 7) is 9.27. The minimum absolute atomic E-state index is 0. The number of hydrogen-bond acceptors (Lipinski definition) is 7. The number of aromatic nitrogens is 5. The van der Waals surface area contributed by atoms with Gasteiger partial charge in [-0.05, 0) is 95.6 Å². The summed E-state index contributed by atoms with van der Waals surface area (Å²) in [7, 11) is 0. The van der Waals surface area contributed by atoms with Crippen LogP contribution in [0.25, 0.3) is 60.9 Å². The van der Waals surface area contributed by atoms with Gasteiger partial charge in [0.1, 0.15) is 0 Å². The average Bonchev–Trinajstić information content (AvgIpc) is 3.87. The van der Waals surface area contributed by atoms with E-state index in [4.69, 9.17) is 17.1 Å². The molecule has 0 aliphatic rings. The molecule has 0 aliphatic carbocycles. The number of isothiocyanates is 1. The van der Waals surface area contributed by atoms with E-state index in [9.17, 15) is 4.79 Å². The van der Waals surface area contributed by atoms with Gasteiger partial charge in [-0.25, -0.2) is 9.83 Å². The summed E-state index contributed by atoms with van der Waals surface area (Å²) in [5, 5.41) is 19.8. The number of thiophene rings is 1. The number of nitrogens with zero attached hydrogens (tertiary/aromatic N) is 7. The zero-order chi connectivity index (χ0) is 35.6. The maximum Gasteiger partial charge on any atom is 2.00 e. The van der Waals surface area contributed by atoms with Crippen molar-refractivity contribution in [2.45, 2.75) is 39.0 Å². The van der Waals surface area contributed by atoms with Crippen LogP contribution in [0.2, 0.25) is 0 Å². The fraction of sp³-hybridized carbons (Fsp3) is 0.154. The molecule has 0 spiro atoms. The van der Waals surface area contributed by atoms with Crippen LogP contribution in [0.1, 0.15) is 43.7 Å². The van der Waals surface area contributed by atoms with Crippen LogP contribution in [-0.2, 0) is 30.7 Å². The molecule has 1 N–H and O–H groups in total. The first-order valence-corrected chi connectivity index (χ1v) is 17.1. The molecular formula is C39H33N7O2RuS2. The van der Waals surface area contributed by atoms with Crippen LogP contribution >= 0.6 is 23.6 Å². The van der Waals surface area contributed by atoms with E-state index in [0.29, 0.717) is 28.3 Å². The number of hydrogen-bond donors (Lipinski definition) is 1. The van der Waals surface area contributed by atoms with Crippen LogP contribution in [-0.4, -0.2) is 36.2 Å². The molecule has 0 fully saturated rings. The van der Waals surface area contributed by atoms with Gasteiger partial charge in [0, 0.05) is 29.2 Å². The third kappa shape index (κ3) is 12.2. The Morgan fingerprint density at radius 2 is 1.59 bits per heavy atom. The van der Waals surface area contributed by atoms with E-state index in [1.807, 2.05) is 60.1 Å². The number of aryl methyl sites for hydroxylation is 1. The van der Waals surface area contributed by atoms with E-state index in [-0.39, 0.29) is 25.2 Å². The van der Waals surface area contributed by atoms with E-state index in [1.165, 1.54) is 59.3 Å². The smallest absolute Gasteiger partial charge is 0.753 e.